The van der Waals surface area contributed by atoms with Crippen molar-refractivity contribution in [3.05, 3.63) is 24.3 Å². The topological polar surface area (TPSA) is 34.1 Å². The first-order chi connectivity index (χ1) is 7.12. The lowest BCUT2D eigenvalue weighted by Gasteiger charge is -2.38. The largest absolute Gasteiger partial charge is 0.227 e. The zero-order valence-electron chi connectivity index (χ0n) is 10.4. The Morgan fingerprint density at radius 1 is 1.38 bits per heavy atom. The molecular formula is C13H20O2S. The van der Waals surface area contributed by atoms with E-state index in [0.717, 1.165) is 12.0 Å². The van der Waals surface area contributed by atoms with Crippen molar-refractivity contribution in [2.45, 2.75) is 43.6 Å². The summed E-state index contributed by atoms with van der Waals surface area (Å²) in [6.07, 6.45) is 5.08. The van der Waals surface area contributed by atoms with Gasteiger partial charge >= 0.3 is 0 Å². The van der Waals surface area contributed by atoms with Gasteiger partial charge in [0.15, 0.2) is 9.84 Å². The van der Waals surface area contributed by atoms with E-state index in [4.69, 9.17) is 0 Å². The molecule has 2 bridgehead atoms. The van der Waals surface area contributed by atoms with Gasteiger partial charge < -0.3 is 0 Å². The highest BCUT2D eigenvalue weighted by atomic mass is 32.2. The van der Waals surface area contributed by atoms with Gasteiger partial charge in [-0.25, -0.2) is 8.42 Å². The van der Waals surface area contributed by atoms with Crippen molar-refractivity contribution in [3.63, 3.8) is 0 Å². The molecule has 2 rings (SSSR count). The van der Waals surface area contributed by atoms with Gasteiger partial charge in [0.1, 0.15) is 0 Å². The van der Waals surface area contributed by atoms with E-state index in [1.54, 1.807) is 20.8 Å². The molecule has 0 saturated heterocycles. The summed E-state index contributed by atoms with van der Waals surface area (Å²) in [4.78, 5) is 0. The second-order valence-electron chi connectivity index (χ2n) is 6.08. The highest BCUT2D eigenvalue weighted by Gasteiger charge is 2.59. The van der Waals surface area contributed by atoms with Gasteiger partial charge in [-0.05, 0) is 45.6 Å². The fourth-order valence-corrected chi connectivity index (χ4v) is 5.32. The number of allylic oxidation sites excluding steroid dienone is 2. The van der Waals surface area contributed by atoms with Gasteiger partial charge in [0.2, 0.25) is 0 Å². The summed E-state index contributed by atoms with van der Waals surface area (Å²) in [5.74, 6) is 0.390. The van der Waals surface area contributed by atoms with Crippen molar-refractivity contribution in [1.29, 1.82) is 0 Å². The Balaban J connectivity index is 2.58. The lowest BCUT2D eigenvalue weighted by Crippen LogP contribution is -2.49. The van der Waals surface area contributed by atoms with Crippen LogP contribution in [0.3, 0.4) is 0 Å². The fraction of sp³-hybridized carbons (Fsp3) is 0.692. The summed E-state index contributed by atoms with van der Waals surface area (Å²) < 4.78 is 23.9. The molecule has 0 spiro atoms. The van der Waals surface area contributed by atoms with Gasteiger partial charge in [-0.15, -0.1) is 0 Å². The Morgan fingerprint density at radius 3 is 2.31 bits per heavy atom. The molecule has 0 aromatic rings. The molecule has 0 radical (unpaired) electrons. The van der Waals surface area contributed by atoms with Crippen molar-refractivity contribution < 1.29 is 8.42 Å². The molecule has 0 unspecified atom stereocenters. The first kappa shape index (κ1) is 11.9. The van der Waals surface area contributed by atoms with E-state index in [2.05, 4.69) is 18.7 Å². The van der Waals surface area contributed by atoms with Crippen LogP contribution < -0.4 is 0 Å². The highest BCUT2D eigenvalue weighted by molar-refractivity contribution is 7.94. The van der Waals surface area contributed by atoms with E-state index in [9.17, 15) is 8.42 Å². The average molecular weight is 240 g/mol. The molecule has 0 aromatic carbocycles. The quantitative estimate of drug-likeness (QED) is 0.660. The minimum Gasteiger partial charge on any atom is -0.227 e. The maximum atomic E-state index is 12.7. The first-order valence-electron chi connectivity index (χ1n) is 5.74. The summed E-state index contributed by atoms with van der Waals surface area (Å²) in [5.41, 5.74) is 0.884. The first-order valence-corrected chi connectivity index (χ1v) is 7.22. The van der Waals surface area contributed by atoms with E-state index in [1.807, 2.05) is 6.92 Å². The molecule has 1 saturated carbocycles. The van der Waals surface area contributed by atoms with Crippen LogP contribution in [0.15, 0.2) is 24.3 Å². The zero-order valence-corrected chi connectivity index (χ0v) is 11.3. The lowest BCUT2D eigenvalue weighted by atomic mass is 9.90. The molecule has 2 aliphatic rings. The summed E-state index contributed by atoms with van der Waals surface area (Å²) in [6, 6.07) is 0. The fourth-order valence-electron chi connectivity index (χ4n) is 2.98. The van der Waals surface area contributed by atoms with Gasteiger partial charge in [-0.3, -0.25) is 0 Å². The molecule has 16 heavy (non-hydrogen) atoms. The number of hydrogen-bond acceptors (Lipinski definition) is 2. The Labute approximate surface area is 98.4 Å². The van der Waals surface area contributed by atoms with Crippen molar-refractivity contribution >= 4 is 9.84 Å². The van der Waals surface area contributed by atoms with Crippen LogP contribution in [0.1, 0.15) is 34.1 Å². The Morgan fingerprint density at radius 2 is 1.94 bits per heavy atom. The summed E-state index contributed by atoms with van der Waals surface area (Å²) in [5, 5.41) is 0. The molecule has 0 N–H and O–H groups in total. The molecule has 0 aliphatic heterocycles. The number of rotatable bonds is 1. The summed E-state index contributed by atoms with van der Waals surface area (Å²) in [7, 11) is -3.21. The predicted molar refractivity (Wildman–Crippen MR) is 67.0 cm³/mol. The van der Waals surface area contributed by atoms with Gasteiger partial charge in [0.05, 0.1) is 9.49 Å². The van der Waals surface area contributed by atoms with E-state index in [-0.39, 0.29) is 11.8 Å². The SMILES string of the molecule is C=C1[C@H]2C=C[C@H](C2)[C@]1(C)S(=O)(=O)C(C)(C)C. The van der Waals surface area contributed by atoms with Crippen LogP contribution in [-0.2, 0) is 9.84 Å². The average Bonchev–Trinajstić information content (AvgIpc) is 2.68. The van der Waals surface area contributed by atoms with Crippen molar-refractivity contribution in [2.24, 2.45) is 11.8 Å². The van der Waals surface area contributed by atoms with Crippen LogP contribution in [0.4, 0.5) is 0 Å². The van der Waals surface area contributed by atoms with Crippen LogP contribution in [0.2, 0.25) is 0 Å². The molecule has 1 fully saturated rings. The van der Waals surface area contributed by atoms with Gasteiger partial charge in [-0.1, -0.05) is 18.7 Å². The molecule has 0 heterocycles. The minimum absolute atomic E-state index is 0.120. The summed E-state index contributed by atoms with van der Waals surface area (Å²) >= 11 is 0. The number of hydrogen-bond donors (Lipinski definition) is 0. The van der Waals surface area contributed by atoms with Gasteiger partial charge in [0, 0.05) is 5.92 Å². The van der Waals surface area contributed by atoms with Crippen LogP contribution in [0, 0.1) is 11.8 Å². The van der Waals surface area contributed by atoms with Gasteiger partial charge in [0.25, 0.3) is 0 Å². The minimum atomic E-state index is -3.21. The molecule has 3 heteroatoms. The standard InChI is InChI=1S/C13H20O2S/c1-9-10-6-7-11(8-10)13(9,5)16(14,15)12(2,3)4/h6-7,10-11H,1,8H2,2-5H3/t10-,11+,13+/m0/s1. The lowest BCUT2D eigenvalue weighted by molar-refractivity contribution is 0.490. The Hall–Kier alpha value is -0.570. The normalized spacial score (nSPS) is 38.4. The highest BCUT2D eigenvalue weighted by Crippen LogP contribution is 2.55. The molecule has 0 aromatic heterocycles. The molecule has 3 atom stereocenters. The van der Waals surface area contributed by atoms with Crippen LogP contribution >= 0.6 is 0 Å². The third-order valence-electron chi connectivity index (χ3n) is 4.24. The molecule has 2 nitrogen and oxygen atoms in total. The molecule has 90 valence electrons. The van der Waals surface area contributed by atoms with Crippen LogP contribution in [0.5, 0.6) is 0 Å². The van der Waals surface area contributed by atoms with Gasteiger partial charge in [-0.2, -0.15) is 0 Å². The molecule has 2 aliphatic carbocycles. The maximum Gasteiger partial charge on any atom is 0.165 e. The smallest absolute Gasteiger partial charge is 0.165 e. The van der Waals surface area contributed by atoms with Crippen LogP contribution in [0.25, 0.3) is 0 Å². The second-order valence-corrected chi connectivity index (χ2v) is 9.16. The predicted octanol–water partition coefficient (Wildman–Crippen LogP) is 2.72. The van der Waals surface area contributed by atoms with E-state index >= 15 is 0 Å². The number of fused-ring (bicyclic) bond motifs is 2. The Kier molecular flexibility index (Phi) is 2.24. The molecular weight excluding hydrogens is 220 g/mol. The second kappa shape index (κ2) is 3.00. The summed E-state index contributed by atoms with van der Waals surface area (Å²) in [6.45, 7) is 11.2. The monoisotopic (exact) mass is 240 g/mol. The maximum absolute atomic E-state index is 12.7. The zero-order chi connectivity index (χ0) is 12.4. The number of sulfone groups is 1. The third kappa shape index (κ3) is 1.15. The van der Waals surface area contributed by atoms with E-state index < -0.39 is 19.3 Å². The van der Waals surface area contributed by atoms with Crippen molar-refractivity contribution in [3.8, 4) is 0 Å². The van der Waals surface area contributed by atoms with E-state index in [1.165, 1.54) is 0 Å². The molecule has 0 amide bonds. The van der Waals surface area contributed by atoms with Crippen molar-refractivity contribution in [1.82, 2.24) is 0 Å². The third-order valence-corrected chi connectivity index (χ3v) is 7.53. The Bertz CT molecular complexity index is 465. The van der Waals surface area contributed by atoms with Crippen LogP contribution in [-0.4, -0.2) is 17.9 Å². The van der Waals surface area contributed by atoms with E-state index in [0.29, 0.717) is 0 Å². The van der Waals surface area contributed by atoms with Crippen molar-refractivity contribution in [2.75, 3.05) is 0 Å².